The molecule has 1 saturated heterocycles. The third-order valence-electron chi connectivity index (χ3n) is 4.22. The van der Waals surface area contributed by atoms with Crippen molar-refractivity contribution in [3.63, 3.8) is 0 Å². The van der Waals surface area contributed by atoms with Crippen LogP contribution in [0.25, 0.3) is 0 Å². The maximum atomic E-state index is 4.67. The van der Waals surface area contributed by atoms with E-state index in [9.17, 15) is 0 Å². The molecule has 1 aliphatic rings. The van der Waals surface area contributed by atoms with E-state index in [-0.39, 0.29) is 0 Å². The number of hydrogen-bond donors (Lipinski definition) is 1. The summed E-state index contributed by atoms with van der Waals surface area (Å²) in [6, 6.07) is 2.44. The summed E-state index contributed by atoms with van der Waals surface area (Å²) < 4.78 is 1.86. The Morgan fingerprint density at radius 2 is 2.13 bits per heavy atom. The van der Waals surface area contributed by atoms with Crippen LogP contribution >= 0.6 is 0 Å². The first-order chi connectivity index (χ1) is 11.0. The molecular weight excluding hydrogens is 288 g/mol. The summed E-state index contributed by atoms with van der Waals surface area (Å²) in [5, 5.41) is 7.88. The van der Waals surface area contributed by atoms with Crippen molar-refractivity contribution < 1.29 is 0 Å². The first kappa shape index (κ1) is 15.8. The average Bonchev–Trinajstić information content (AvgIpc) is 2.93. The summed E-state index contributed by atoms with van der Waals surface area (Å²) in [5.74, 6) is 2.19. The number of rotatable bonds is 4. The van der Waals surface area contributed by atoms with E-state index in [4.69, 9.17) is 0 Å². The van der Waals surface area contributed by atoms with Crippen molar-refractivity contribution in [3.05, 3.63) is 30.0 Å². The van der Waals surface area contributed by atoms with Crippen molar-refractivity contribution in [2.24, 2.45) is 7.05 Å². The van der Waals surface area contributed by atoms with Crippen LogP contribution in [0.1, 0.15) is 44.1 Å². The zero-order valence-electron chi connectivity index (χ0n) is 14.5. The van der Waals surface area contributed by atoms with E-state index >= 15 is 0 Å². The lowest BCUT2D eigenvalue weighted by atomic mass is 10.1. The number of hydrogen-bond acceptors (Lipinski definition) is 5. The Morgan fingerprint density at radius 3 is 2.83 bits per heavy atom. The Bertz CT molecular complexity index is 663. The number of nitrogens with zero attached hydrogens (tertiary/aromatic N) is 5. The number of piperidine rings is 1. The SMILES string of the molecule is Cc1cc(NC2CCCN(c3cnn(C)c3)C2)nc(C(C)C)n1. The molecule has 6 nitrogen and oxygen atoms in total. The van der Waals surface area contributed by atoms with Crippen molar-refractivity contribution in [1.82, 2.24) is 19.7 Å². The Balaban J connectivity index is 1.70. The molecule has 1 N–H and O–H groups in total. The minimum Gasteiger partial charge on any atom is -0.367 e. The summed E-state index contributed by atoms with van der Waals surface area (Å²) in [7, 11) is 1.96. The van der Waals surface area contributed by atoms with E-state index in [1.165, 1.54) is 12.1 Å². The fourth-order valence-electron chi connectivity index (χ4n) is 3.03. The molecule has 1 unspecified atom stereocenters. The van der Waals surface area contributed by atoms with Crippen LogP contribution in [0.4, 0.5) is 11.5 Å². The standard InChI is InChI=1S/C17H26N6/c1-12(2)17-19-13(3)8-16(21-17)20-14-6-5-7-23(10-14)15-9-18-22(4)11-15/h8-9,11-12,14H,5-7,10H2,1-4H3,(H,19,20,21). The van der Waals surface area contributed by atoms with E-state index < -0.39 is 0 Å². The second kappa shape index (κ2) is 6.56. The van der Waals surface area contributed by atoms with Crippen molar-refractivity contribution >= 4 is 11.5 Å². The molecule has 6 heteroatoms. The third-order valence-corrected chi connectivity index (χ3v) is 4.22. The van der Waals surface area contributed by atoms with Crippen LogP contribution in [0, 0.1) is 6.92 Å². The second-order valence-electron chi connectivity index (χ2n) is 6.71. The van der Waals surface area contributed by atoms with Gasteiger partial charge in [-0.2, -0.15) is 5.10 Å². The van der Waals surface area contributed by atoms with Gasteiger partial charge in [0.1, 0.15) is 11.6 Å². The lowest BCUT2D eigenvalue weighted by molar-refractivity contribution is 0.528. The summed E-state index contributed by atoms with van der Waals surface area (Å²) >= 11 is 0. The first-order valence-corrected chi connectivity index (χ1v) is 8.37. The van der Waals surface area contributed by atoms with Gasteiger partial charge in [-0.3, -0.25) is 4.68 Å². The third kappa shape index (κ3) is 3.81. The van der Waals surface area contributed by atoms with E-state index in [0.29, 0.717) is 12.0 Å². The van der Waals surface area contributed by atoms with Gasteiger partial charge in [0, 0.05) is 50.1 Å². The van der Waals surface area contributed by atoms with Gasteiger partial charge in [0.25, 0.3) is 0 Å². The van der Waals surface area contributed by atoms with Crippen LogP contribution in [0.5, 0.6) is 0 Å². The average molecular weight is 314 g/mol. The minimum absolute atomic E-state index is 0.341. The minimum atomic E-state index is 0.341. The van der Waals surface area contributed by atoms with Gasteiger partial charge in [-0.05, 0) is 19.8 Å². The van der Waals surface area contributed by atoms with Crippen molar-refractivity contribution in [2.45, 2.75) is 45.6 Å². The van der Waals surface area contributed by atoms with Gasteiger partial charge in [-0.1, -0.05) is 13.8 Å². The van der Waals surface area contributed by atoms with E-state index in [0.717, 1.165) is 36.8 Å². The summed E-state index contributed by atoms with van der Waals surface area (Å²) in [4.78, 5) is 11.6. The highest BCUT2D eigenvalue weighted by Gasteiger charge is 2.21. The molecule has 3 rings (SSSR count). The molecular formula is C17H26N6. The van der Waals surface area contributed by atoms with Gasteiger partial charge >= 0.3 is 0 Å². The molecule has 23 heavy (non-hydrogen) atoms. The monoisotopic (exact) mass is 314 g/mol. The molecule has 0 amide bonds. The zero-order valence-corrected chi connectivity index (χ0v) is 14.5. The molecule has 0 aromatic carbocycles. The molecule has 1 atom stereocenters. The maximum absolute atomic E-state index is 4.67. The number of nitrogens with one attached hydrogen (secondary N) is 1. The molecule has 2 aromatic rings. The van der Waals surface area contributed by atoms with Gasteiger partial charge in [0.05, 0.1) is 11.9 Å². The lowest BCUT2D eigenvalue weighted by Crippen LogP contribution is -2.42. The normalized spacial score (nSPS) is 18.5. The molecule has 0 aliphatic carbocycles. The molecule has 2 aromatic heterocycles. The molecule has 1 aliphatic heterocycles. The highest BCUT2D eigenvalue weighted by molar-refractivity contribution is 5.45. The zero-order chi connectivity index (χ0) is 16.4. The van der Waals surface area contributed by atoms with E-state index in [2.05, 4.69) is 45.3 Å². The van der Waals surface area contributed by atoms with Gasteiger partial charge in [-0.25, -0.2) is 9.97 Å². The molecule has 3 heterocycles. The van der Waals surface area contributed by atoms with Crippen molar-refractivity contribution in [3.8, 4) is 0 Å². The van der Waals surface area contributed by atoms with Gasteiger partial charge in [0.2, 0.25) is 0 Å². The van der Waals surface area contributed by atoms with Gasteiger partial charge < -0.3 is 10.2 Å². The van der Waals surface area contributed by atoms with Crippen LogP contribution in [-0.2, 0) is 7.05 Å². The van der Waals surface area contributed by atoms with Crippen LogP contribution < -0.4 is 10.2 Å². The van der Waals surface area contributed by atoms with Crippen LogP contribution in [0.2, 0.25) is 0 Å². The highest BCUT2D eigenvalue weighted by atomic mass is 15.3. The number of aromatic nitrogens is 4. The quantitative estimate of drug-likeness (QED) is 0.940. The fraction of sp³-hybridized carbons (Fsp3) is 0.588. The Morgan fingerprint density at radius 1 is 1.30 bits per heavy atom. The fourth-order valence-corrected chi connectivity index (χ4v) is 3.03. The number of anilines is 2. The van der Waals surface area contributed by atoms with Crippen LogP contribution in [-0.4, -0.2) is 38.9 Å². The first-order valence-electron chi connectivity index (χ1n) is 8.37. The summed E-state index contributed by atoms with van der Waals surface area (Å²) in [6.07, 6.45) is 6.35. The predicted octanol–water partition coefficient (Wildman–Crippen LogP) is 2.72. The molecule has 1 fully saturated rings. The largest absolute Gasteiger partial charge is 0.367 e. The summed E-state index contributed by atoms with van der Waals surface area (Å²) in [6.45, 7) is 8.35. The molecule has 0 bridgehead atoms. The van der Waals surface area contributed by atoms with Gasteiger partial charge in [0.15, 0.2) is 0 Å². The lowest BCUT2D eigenvalue weighted by Gasteiger charge is -2.34. The number of aryl methyl sites for hydroxylation is 2. The molecule has 0 saturated carbocycles. The molecule has 0 radical (unpaired) electrons. The maximum Gasteiger partial charge on any atom is 0.133 e. The van der Waals surface area contributed by atoms with E-state index in [1.54, 1.807) is 0 Å². The molecule has 0 spiro atoms. The highest BCUT2D eigenvalue weighted by Crippen LogP contribution is 2.22. The van der Waals surface area contributed by atoms with Crippen molar-refractivity contribution in [1.29, 1.82) is 0 Å². The Kier molecular flexibility index (Phi) is 4.50. The van der Waals surface area contributed by atoms with Crippen LogP contribution in [0.3, 0.4) is 0 Å². The second-order valence-corrected chi connectivity index (χ2v) is 6.71. The predicted molar refractivity (Wildman–Crippen MR) is 92.9 cm³/mol. The Hall–Kier alpha value is -2.11. The molecule has 124 valence electrons. The van der Waals surface area contributed by atoms with Crippen LogP contribution in [0.15, 0.2) is 18.5 Å². The Labute approximate surface area is 137 Å². The van der Waals surface area contributed by atoms with Gasteiger partial charge in [-0.15, -0.1) is 0 Å². The van der Waals surface area contributed by atoms with Crippen molar-refractivity contribution in [2.75, 3.05) is 23.3 Å². The topological polar surface area (TPSA) is 58.9 Å². The smallest absolute Gasteiger partial charge is 0.133 e. The van der Waals surface area contributed by atoms with E-state index in [1.807, 2.05) is 30.9 Å². The summed E-state index contributed by atoms with van der Waals surface area (Å²) in [5.41, 5.74) is 2.21.